The lowest BCUT2D eigenvalue weighted by molar-refractivity contribution is -0.385. The van der Waals surface area contributed by atoms with E-state index in [1.807, 2.05) is 0 Å². The fourth-order valence-electron chi connectivity index (χ4n) is 1.88. The minimum atomic E-state index is -0.499. The van der Waals surface area contributed by atoms with Crippen LogP contribution in [0.5, 0.6) is 0 Å². The van der Waals surface area contributed by atoms with Gasteiger partial charge in [-0.05, 0) is 29.5 Å². The molecule has 122 valence electrons. The summed E-state index contributed by atoms with van der Waals surface area (Å²) < 4.78 is 0. The molecule has 0 radical (unpaired) electrons. The molecule has 0 saturated carbocycles. The van der Waals surface area contributed by atoms with Gasteiger partial charge in [0.05, 0.1) is 15.5 Å². The Morgan fingerprint density at radius 3 is 1.83 bits per heavy atom. The van der Waals surface area contributed by atoms with Crippen LogP contribution in [0.25, 0.3) is 17.1 Å². The standard InChI is InChI=1S/C13H8N6O4.ClH/c20-18(21)11-3-1-9(2-4-11)13-14-16-17(15-13)10-5-7-12(8-6-10)19(22)23;/h1-8H;1H. The van der Waals surface area contributed by atoms with Gasteiger partial charge in [-0.3, -0.25) is 20.2 Å². The summed E-state index contributed by atoms with van der Waals surface area (Å²) in [7, 11) is 0. The molecule has 3 aromatic rings. The molecule has 0 atom stereocenters. The highest BCUT2D eigenvalue weighted by Crippen LogP contribution is 2.19. The highest BCUT2D eigenvalue weighted by atomic mass is 35.5. The molecule has 24 heavy (non-hydrogen) atoms. The number of hydrogen-bond donors (Lipinski definition) is 0. The first-order valence-electron chi connectivity index (χ1n) is 6.34. The summed E-state index contributed by atoms with van der Waals surface area (Å²) in [5.41, 5.74) is 1.01. The van der Waals surface area contributed by atoms with Crippen LogP contribution in [0.3, 0.4) is 0 Å². The van der Waals surface area contributed by atoms with E-state index in [1.54, 1.807) is 0 Å². The van der Waals surface area contributed by atoms with Gasteiger partial charge in [-0.1, -0.05) is 0 Å². The number of tetrazole rings is 1. The first-order valence-corrected chi connectivity index (χ1v) is 6.34. The molecule has 0 amide bonds. The summed E-state index contributed by atoms with van der Waals surface area (Å²) in [6.07, 6.45) is 0. The Morgan fingerprint density at radius 2 is 1.33 bits per heavy atom. The molecule has 0 fully saturated rings. The van der Waals surface area contributed by atoms with Crippen LogP contribution in [0.15, 0.2) is 48.5 Å². The van der Waals surface area contributed by atoms with Gasteiger partial charge in [0.15, 0.2) is 0 Å². The Hall–Kier alpha value is -3.40. The van der Waals surface area contributed by atoms with E-state index in [0.29, 0.717) is 17.1 Å². The Kier molecular flexibility index (Phi) is 4.80. The van der Waals surface area contributed by atoms with Crippen molar-refractivity contribution in [1.82, 2.24) is 20.2 Å². The first-order chi connectivity index (χ1) is 11.0. The van der Waals surface area contributed by atoms with E-state index >= 15 is 0 Å². The van der Waals surface area contributed by atoms with E-state index < -0.39 is 9.85 Å². The maximum absolute atomic E-state index is 10.6. The van der Waals surface area contributed by atoms with Crippen LogP contribution in [-0.4, -0.2) is 30.1 Å². The molecule has 0 unspecified atom stereocenters. The molecule has 0 aliphatic heterocycles. The lowest BCUT2D eigenvalue weighted by atomic mass is 10.2. The third-order valence-electron chi connectivity index (χ3n) is 3.04. The number of non-ortho nitro benzene ring substituents is 2. The molecule has 3 rings (SSSR count). The molecule has 1 heterocycles. The van der Waals surface area contributed by atoms with Crippen molar-refractivity contribution in [3.8, 4) is 17.1 Å². The second-order valence-corrected chi connectivity index (χ2v) is 4.48. The fourth-order valence-corrected chi connectivity index (χ4v) is 1.88. The van der Waals surface area contributed by atoms with Crippen molar-refractivity contribution in [2.24, 2.45) is 0 Å². The summed E-state index contributed by atoms with van der Waals surface area (Å²) in [5.74, 6) is 0.290. The SMILES string of the molecule is Cl.O=[N+]([O-])c1ccc(-c2nnn(-c3ccc([N+](=O)[O-])cc3)n2)cc1. The topological polar surface area (TPSA) is 130 Å². The first kappa shape index (κ1) is 17.0. The van der Waals surface area contributed by atoms with Gasteiger partial charge in [0.2, 0.25) is 5.82 Å². The molecule has 0 N–H and O–H groups in total. The van der Waals surface area contributed by atoms with E-state index in [9.17, 15) is 20.2 Å². The minimum absolute atomic E-state index is 0. The zero-order chi connectivity index (χ0) is 16.4. The number of nitrogens with zero attached hydrogens (tertiary/aromatic N) is 6. The number of benzene rings is 2. The number of nitro benzene ring substituents is 2. The number of nitro groups is 2. The van der Waals surface area contributed by atoms with Crippen LogP contribution in [0.1, 0.15) is 0 Å². The molecular formula is C13H9ClN6O4. The Balaban J connectivity index is 0.00000208. The predicted octanol–water partition coefficient (Wildman–Crippen LogP) is 2.57. The van der Waals surface area contributed by atoms with Crippen LogP contribution >= 0.6 is 12.4 Å². The average Bonchev–Trinajstić information content (AvgIpc) is 3.05. The van der Waals surface area contributed by atoms with Crippen LogP contribution in [-0.2, 0) is 0 Å². The van der Waals surface area contributed by atoms with E-state index in [4.69, 9.17) is 0 Å². The maximum atomic E-state index is 10.6. The van der Waals surface area contributed by atoms with Crippen molar-refractivity contribution in [1.29, 1.82) is 0 Å². The highest BCUT2D eigenvalue weighted by Gasteiger charge is 2.11. The highest BCUT2D eigenvalue weighted by molar-refractivity contribution is 5.85. The monoisotopic (exact) mass is 348 g/mol. The van der Waals surface area contributed by atoms with Crippen molar-refractivity contribution >= 4 is 23.8 Å². The molecule has 0 saturated heterocycles. The molecule has 11 heteroatoms. The van der Waals surface area contributed by atoms with Gasteiger partial charge in [0.1, 0.15) is 0 Å². The molecule has 0 bridgehead atoms. The summed E-state index contributed by atoms with van der Waals surface area (Å²) >= 11 is 0. The smallest absolute Gasteiger partial charge is 0.258 e. The number of aromatic nitrogens is 4. The van der Waals surface area contributed by atoms with Crippen LogP contribution in [0.4, 0.5) is 11.4 Å². The van der Waals surface area contributed by atoms with Gasteiger partial charge in [-0.2, -0.15) is 0 Å². The molecule has 1 aromatic heterocycles. The van der Waals surface area contributed by atoms with Crippen molar-refractivity contribution in [3.63, 3.8) is 0 Å². The Morgan fingerprint density at radius 1 is 0.833 bits per heavy atom. The third-order valence-corrected chi connectivity index (χ3v) is 3.04. The molecule has 0 aliphatic rings. The van der Waals surface area contributed by atoms with Gasteiger partial charge >= 0.3 is 0 Å². The van der Waals surface area contributed by atoms with Crippen LogP contribution in [0.2, 0.25) is 0 Å². The van der Waals surface area contributed by atoms with E-state index in [1.165, 1.54) is 53.3 Å². The minimum Gasteiger partial charge on any atom is -0.258 e. The van der Waals surface area contributed by atoms with E-state index in [-0.39, 0.29) is 23.8 Å². The normalized spacial score (nSPS) is 10.0. The van der Waals surface area contributed by atoms with E-state index in [0.717, 1.165) is 0 Å². The molecule has 10 nitrogen and oxygen atoms in total. The third kappa shape index (κ3) is 3.33. The predicted molar refractivity (Wildman–Crippen MR) is 85.1 cm³/mol. The van der Waals surface area contributed by atoms with Crippen molar-refractivity contribution < 1.29 is 9.85 Å². The number of rotatable bonds is 4. The maximum Gasteiger partial charge on any atom is 0.269 e. The summed E-state index contributed by atoms with van der Waals surface area (Å²) in [4.78, 5) is 21.5. The van der Waals surface area contributed by atoms with Gasteiger partial charge in [-0.25, -0.2) is 0 Å². The number of hydrogen-bond acceptors (Lipinski definition) is 7. The van der Waals surface area contributed by atoms with Gasteiger partial charge in [0, 0.05) is 29.8 Å². The second-order valence-electron chi connectivity index (χ2n) is 4.48. The zero-order valence-corrected chi connectivity index (χ0v) is 12.7. The van der Waals surface area contributed by atoms with Crippen molar-refractivity contribution in [2.45, 2.75) is 0 Å². The Labute approximate surface area is 140 Å². The van der Waals surface area contributed by atoms with Crippen molar-refractivity contribution in [3.05, 3.63) is 68.8 Å². The molecule has 0 spiro atoms. The van der Waals surface area contributed by atoms with Gasteiger partial charge in [0.25, 0.3) is 11.4 Å². The van der Waals surface area contributed by atoms with Crippen molar-refractivity contribution in [2.75, 3.05) is 0 Å². The fraction of sp³-hybridized carbons (Fsp3) is 0. The van der Waals surface area contributed by atoms with E-state index in [2.05, 4.69) is 15.4 Å². The van der Waals surface area contributed by atoms with Gasteiger partial charge in [-0.15, -0.1) is 27.4 Å². The molecular weight excluding hydrogens is 340 g/mol. The molecule has 0 aliphatic carbocycles. The summed E-state index contributed by atoms with van der Waals surface area (Å²) in [5, 5.41) is 33.1. The lowest BCUT2D eigenvalue weighted by Crippen LogP contribution is -1.99. The second kappa shape index (κ2) is 6.79. The Bertz CT molecular complexity index is 806. The lowest BCUT2D eigenvalue weighted by Gasteiger charge is -1.97. The van der Waals surface area contributed by atoms with Gasteiger partial charge < -0.3 is 0 Å². The number of halogens is 1. The zero-order valence-electron chi connectivity index (χ0n) is 11.8. The van der Waals surface area contributed by atoms with Crippen LogP contribution in [0, 0.1) is 20.2 Å². The quantitative estimate of drug-likeness (QED) is 0.523. The molecule has 2 aromatic carbocycles. The summed E-state index contributed by atoms with van der Waals surface area (Å²) in [6, 6.07) is 11.4. The summed E-state index contributed by atoms with van der Waals surface area (Å²) in [6.45, 7) is 0. The average molecular weight is 349 g/mol. The largest absolute Gasteiger partial charge is 0.269 e. The van der Waals surface area contributed by atoms with Crippen LogP contribution < -0.4 is 0 Å².